The van der Waals surface area contributed by atoms with Crippen LogP contribution in [0.25, 0.3) is 21.7 Å². The van der Waals surface area contributed by atoms with Crippen LogP contribution in [0.15, 0.2) is 42.5 Å². The number of hydrogen-bond donors (Lipinski definition) is 0. The maximum absolute atomic E-state index is 5.88. The van der Waals surface area contributed by atoms with Gasteiger partial charge in [0.05, 0.1) is 11.6 Å². The van der Waals surface area contributed by atoms with Gasteiger partial charge < -0.3 is 4.74 Å². The minimum atomic E-state index is 0.123. The average molecular weight is 251 g/mol. The monoisotopic (exact) mass is 251 g/mol. The molecule has 2 heteroatoms. The van der Waals surface area contributed by atoms with Crippen molar-refractivity contribution in [3.8, 4) is 5.88 Å². The molecule has 0 saturated carbocycles. The van der Waals surface area contributed by atoms with Crippen molar-refractivity contribution in [1.29, 1.82) is 0 Å². The van der Waals surface area contributed by atoms with Gasteiger partial charge in [-0.15, -0.1) is 0 Å². The van der Waals surface area contributed by atoms with E-state index in [9.17, 15) is 0 Å². The van der Waals surface area contributed by atoms with Crippen molar-refractivity contribution in [2.75, 3.05) is 0 Å². The molecule has 1 heterocycles. The Bertz CT molecular complexity index is 747. The van der Waals surface area contributed by atoms with Crippen LogP contribution in [-0.4, -0.2) is 11.1 Å². The molecular weight excluding hydrogens is 234 g/mol. The summed E-state index contributed by atoms with van der Waals surface area (Å²) in [7, 11) is 0. The van der Waals surface area contributed by atoms with Crippen molar-refractivity contribution in [2.24, 2.45) is 0 Å². The van der Waals surface area contributed by atoms with E-state index in [1.807, 2.05) is 32.0 Å². The fraction of sp³-hybridized carbons (Fsp3) is 0.235. The van der Waals surface area contributed by atoms with Crippen LogP contribution in [0.4, 0.5) is 0 Å². The first-order valence-electron chi connectivity index (χ1n) is 6.61. The third-order valence-electron chi connectivity index (χ3n) is 3.17. The van der Waals surface area contributed by atoms with Crippen LogP contribution in [0.1, 0.15) is 19.4 Å². The lowest BCUT2D eigenvalue weighted by Gasteiger charge is -2.13. The van der Waals surface area contributed by atoms with Crippen LogP contribution in [0.5, 0.6) is 5.88 Å². The van der Waals surface area contributed by atoms with Crippen molar-refractivity contribution in [3.63, 3.8) is 0 Å². The molecule has 0 fully saturated rings. The third kappa shape index (κ3) is 2.14. The standard InChI is InChI=1S/C17H17NO/c1-11(2)19-17-15-10-12(3)8-9-13(15)14-6-4-5-7-16(14)18-17/h4-11H,1-3H3. The van der Waals surface area contributed by atoms with E-state index in [2.05, 4.69) is 36.2 Å². The van der Waals surface area contributed by atoms with Crippen LogP contribution < -0.4 is 4.74 Å². The zero-order valence-corrected chi connectivity index (χ0v) is 11.5. The van der Waals surface area contributed by atoms with E-state index < -0.39 is 0 Å². The second-order valence-electron chi connectivity index (χ2n) is 5.15. The lowest BCUT2D eigenvalue weighted by molar-refractivity contribution is 0.237. The highest BCUT2D eigenvalue weighted by Gasteiger charge is 2.10. The van der Waals surface area contributed by atoms with E-state index in [4.69, 9.17) is 4.74 Å². The van der Waals surface area contributed by atoms with Gasteiger partial charge in [-0.1, -0.05) is 35.9 Å². The number of aryl methyl sites for hydroxylation is 1. The molecule has 0 saturated heterocycles. The van der Waals surface area contributed by atoms with E-state index in [1.165, 1.54) is 16.3 Å². The Hall–Kier alpha value is -2.09. The van der Waals surface area contributed by atoms with Gasteiger partial charge in [0.15, 0.2) is 0 Å². The van der Waals surface area contributed by atoms with Crippen molar-refractivity contribution in [1.82, 2.24) is 4.98 Å². The molecule has 19 heavy (non-hydrogen) atoms. The van der Waals surface area contributed by atoms with Gasteiger partial charge in [-0.3, -0.25) is 0 Å². The lowest BCUT2D eigenvalue weighted by atomic mass is 10.0. The summed E-state index contributed by atoms with van der Waals surface area (Å²) in [5.74, 6) is 0.729. The summed E-state index contributed by atoms with van der Waals surface area (Å²) in [5, 5.41) is 3.47. The quantitative estimate of drug-likeness (QED) is 0.626. The molecule has 0 amide bonds. The average Bonchev–Trinajstić information content (AvgIpc) is 2.38. The molecule has 0 N–H and O–H groups in total. The SMILES string of the molecule is Cc1ccc2c(c1)c(OC(C)C)nc1ccccc12. The Labute approximate surface area is 113 Å². The van der Waals surface area contributed by atoms with E-state index in [0.717, 1.165) is 16.8 Å². The van der Waals surface area contributed by atoms with E-state index in [1.54, 1.807) is 0 Å². The summed E-state index contributed by atoms with van der Waals surface area (Å²) in [6, 6.07) is 14.6. The first-order chi connectivity index (χ1) is 9.15. The molecule has 0 bridgehead atoms. The fourth-order valence-electron chi connectivity index (χ4n) is 2.35. The van der Waals surface area contributed by atoms with E-state index >= 15 is 0 Å². The predicted octanol–water partition coefficient (Wildman–Crippen LogP) is 4.48. The maximum Gasteiger partial charge on any atom is 0.222 e. The number of nitrogens with zero attached hydrogens (tertiary/aromatic N) is 1. The summed E-state index contributed by atoms with van der Waals surface area (Å²) in [5.41, 5.74) is 2.20. The number of para-hydroxylation sites is 1. The topological polar surface area (TPSA) is 22.1 Å². The molecule has 1 aromatic heterocycles. The minimum absolute atomic E-state index is 0.123. The Morgan fingerprint density at radius 3 is 2.53 bits per heavy atom. The normalized spacial score (nSPS) is 11.4. The molecule has 0 aliphatic heterocycles. The molecule has 0 unspecified atom stereocenters. The molecule has 2 nitrogen and oxygen atoms in total. The van der Waals surface area contributed by atoms with Gasteiger partial charge in [-0.05, 0) is 38.3 Å². The van der Waals surface area contributed by atoms with E-state index in [-0.39, 0.29) is 6.10 Å². The molecular formula is C17H17NO. The fourth-order valence-corrected chi connectivity index (χ4v) is 2.35. The van der Waals surface area contributed by atoms with Gasteiger partial charge in [0.2, 0.25) is 5.88 Å². The summed E-state index contributed by atoms with van der Waals surface area (Å²) in [4.78, 5) is 4.66. The zero-order valence-electron chi connectivity index (χ0n) is 11.5. The minimum Gasteiger partial charge on any atom is -0.474 e. The Balaban J connectivity index is 2.40. The smallest absolute Gasteiger partial charge is 0.222 e. The number of benzene rings is 2. The summed E-state index contributed by atoms with van der Waals surface area (Å²) in [6.07, 6.45) is 0.123. The van der Waals surface area contributed by atoms with Crippen molar-refractivity contribution >= 4 is 21.7 Å². The molecule has 0 radical (unpaired) electrons. The van der Waals surface area contributed by atoms with Gasteiger partial charge >= 0.3 is 0 Å². The largest absolute Gasteiger partial charge is 0.474 e. The molecule has 0 spiro atoms. The van der Waals surface area contributed by atoms with Crippen LogP contribution in [0.2, 0.25) is 0 Å². The molecule has 96 valence electrons. The van der Waals surface area contributed by atoms with Gasteiger partial charge in [0.1, 0.15) is 0 Å². The number of hydrogen-bond acceptors (Lipinski definition) is 2. The van der Waals surface area contributed by atoms with Gasteiger partial charge in [-0.25, -0.2) is 4.98 Å². The van der Waals surface area contributed by atoms with Crippen LogP contribution in [0.3, 0.4) is 0 Å². The number of aromatic nitrogens is 1. The van der Waals surface area contributed by atoms with Crippen LogP contribution >= 0.6 is 0 Å². The second kappa shape index (κ2) is 4.54. The van der Waals surface area contributed by atoms with Gasteiger partial charge in [0.25, 0.3) is 0 Å². The molecule has 0 aliphatic carbocycles. The maximum atomic E-state index is 5.88. The van der Waals surface area contributed by atoms with Crippen molar-refractivity contribution in [2.45, 2.75) is 26.9 Å². The van der Waals surface area contributed by atoms with Crippen LogP contribution in [0, 0.1) is 6.92 Å². The van der Waals surface area contributed by atoms with Gasteiger partial charge in [0, 0.05) is 10.8 Å². The van der Waals surface area contributed by atoms with E-state index in [0.29, 0.717) is 0 Å². The third-order valence-corrected chi connectivity index (χ3v) is 3.17. The number of ether oxygens (including phenoxy) is 1. The molecule has 3 rings (SSSR count). The van der Waals surface area contributed by atoms with Crippen molar-refractivity contribution in [3.05, 3.63) is 48.0 Å². The summed E-state index contributed by atoms with van der Waals surface area (Å²) in [6.45, 7) is 6.14. The first-order valence-corrected chi connectivity index (χ1v) is 6.61. The van der Waals surface area contributed by atoms with Gasteiger partial charge in [-0.2, -0.15) is 0 Å². The lowest BCUT2D eigenvalue weighted by Crippen LogP contribution is -2.07. The Morgan fingerprint density at radius 1 is 0.947 bits per heavy atom. The molecule has 0 aliphatic rings. The Kier molecular flexibility index (Phi) is 2.86. The highest BCUT2D eigenvalue weighted by molar-refractivity contribution is 6.07. The summed E-state index contributed by atoms with van der Waals surface area (Å²) < 4.78 is 5.88. The van der Waals surface area contributed by atoms with Crippen molar-refractivity contribution < 1.29 is 4.74 Å². The Morgan fingerprint density at radius 2 is 1.74 bits per heavy atom. The van der Waals surface area contributed by atoms with Crippen LogP contribution in [-0.2, 0) is 0 Å². The zero-order chi connectivity index (χ0) is 13.4. The number of pyridine rings is 1. The summed E-state index contributed by atoms with van der Waals surface area (Å²) >= 11 is 0. The highest BCUT2D eigenvalue weighted by Crippen LogP contribution is 2.31. The molecule has 2 aromatic carbocycles. The first kappa shape index (κ1) is 12.0. The predicted molar refractivity (Wildman–Crippen MR) is 79.8 cm³/mol. The highest BCUT2D eigenvalue weighted by atomic mass is 16.5. The number of rotatable bonds is 2. The second-order valence-corrected chi connectivity index (χ2v) is 5.15. The number of fused-ring (bicyclic) bond motifs is 3. The molecule has 3 aromatic rings. The molecule has 0 atom stereocenters.